The molecule has 0 N–H and O–H groups in total. The topological polar surface area (TPSA) is 108 Å². The molecule has 254 valence electrons. The SMILES string of the molecule is CC(C)(C)OC(=O)N1[C@@H]2CC[C@H]1CN(c1nc(OCC34CCCN3CCC4)nc3c(F)c(-c4cccc5cccc(CC#N)c45)ncc13)C2. The summed E-state index contributed by atoms with van der Waals surface area (Å²) in [5.74, 6) is 0.0103. The van der Waals surface area contributed by atoms with Crippen molar-refractivity contribution in [3.05, 3.63) is 54.0 Å². The third kappa shape index (κ3) is 5.60. The van der Waals surface area contributed by atoms with E-state index < -0.39 is 11.4 Å². The second-order valence-electron chi connectivity index (χ2n) is 15.1. The van der Waals surface area contributed by atoms with Gasteiger partial charge in [-0.1, -0.05) is 36.4 Å². The van der Waals surface area contributed by atoms with Crippen LogP contribution in [0, 0.1) is 17.1 Å². The maximum absolute atomic E-state index is 17.0. The van der Waals surface area contributed by atoms with Crippen LogP contribution in [0.25, 0.3) is 32.9 Å². The summed E-state index contributed by atoms with van der Waals surface area (Å²) in [6.07, 6.45) is 7.69. The van der Waals surface area contributed by atoms with Gasteiger partial charge in [-0.15, -0.1) is 0 Å². The van der Waals surface area contributed by atoms with Crippen molar-refractivity contribution in [3.63, 3.8) is 0 Å². The molecule has 0 radical (unpaired) electrons. The van der Waals surface area contributed by atoms with Gasteiger partial charge in [-0.05, 0) is 88.7 Å². The molecular formula is C38H42FN7O3. The Morgan fingerprint density at radius 3 is 2.47 bits per heavy atom. The second kappa shape index (κ2) is 12.1. The number of fused-ring (bicyclic) bond motifs is 5. The fourth-order valence-electron chi connectivity index (χ4n) is 8.71. The molecule has 2 aromatic carbocycles. The van der Waals surface area contributed by atoms with Crippen LogP contribution in [-0.2, 0) is 11.2 Å². The van der Waals surface area contributed by atoms with Crippen molar-refractivity contribution >= 4 is 33.6 Å². The van der Waals surface area contributed by atoms with Gasteiger partial charge in [0.2, 0.25) is 0 Å². The third-order valence-electron chi connectivity index (χ3n) is 10.8. The van der Waals surface area contributed by atoms with E-state index in [1.165, 1.54) is 0 Å². The normalized spacial score (nSPS) is 21.7. The molecule has 4 saturated heterocycles. The highest BCUT2D eigenvalue weighted by molar-refractivity contribution is 6.01. The fraction of sp³-hybridized carbons (Fsp3) is 0.500. The quantitative estimate of drug-likeness (QED) is 0.224. The number of anilines is 1. The number of hydrogen-bond acceptors (Lipinski definition) is 9. The highest BCUT2D eigenvalue weighted by atomic mass is 19.1. The molecular weight excluding hydrogens is 621 g/mol. The lowest BCUT2D eigenvalue weighted by atomic mass is 9.95. The summed E-state index contributed by atoms with van der Waals surface area (Å²) >= 11 is 0. The van der Waals surface area contributed by atoms with Gasteiger partial charge in [0, 0.05) is 24.8 Å². The number of amides is 1. The number of nitrogens with zero attached hydrogens (tertiary/aromatic N) is 7. The lowest BCUT2D eigenvalue weighted by Gasteiger charge is -2.42. The van der Waals surface area contributed by atoms with Crippen molar-refractivity contribution in [1.82, 2.24) is 24.8 Å². The molecule has 0 unspecified atom stereocenters. The van der Waals surface area contributed by atoms with Gasteiger partial charge in [-0.25, -0.2) is 9.18 Å². The van der Waals surface area contributed by atoms with Crippen molar-refractivity contribution in [1.29, 1.82) is 5.26 Å². The van der Waals surface area contributed by atoms with E-state index in [2.05, 4.69) is 15.9 Å². The van der Waals surface area contributed by atoms with E-state index in [9.17, 15) is 10.1 Å². The van der Waals surface area contributed by atoms with Gasteiger partial charge in [-0.3, -0.25) is 14.8 Å². The van der Waals surface area contributed by atoms with Crippen molar-refractivity contribution in [2.75, 3.05) is 37.7 Å². The first-order chi connectivity index (χ1) is 23.6. The maximum Gasteiger partial charge on any atom is 0.410 e. The lowest BCUT2D eigenvalue weighted by molar-refractivity contribution is 0.0122. The van der Waals surface area contributed by atoms with E-state index in [1.807, 2.05) is 62.1 Å². The maximum atomic E-state index is 17.0. The summed E-state index contributed by atoms with van der Waals surface area (Å²) < 4.78 is 29.2. The number of carbonyl (C=O) groups excluding carboxylic acids is 1. The summed E-state index contributed by atoms with van der Waals surface area (Å²) in [4.78, 5) is 34.1. The molecule has 8 rings (SSSR count). The predicted octanol–water partition coefficient (Wildman–Crippen LogP) is 6.65. The Balaban J connectivity index is 1.21. The van der Waals surface area contributed by atoms with Crippen LogP contribution in [0.5, 0.6) is 6.01 Å². The van der Waals surface area contributed by atoms with Crippen LogP contribution < -0.4 is 9.64 Å². The largest absolute Gasteiger partial charge is 0.461 e. The van der Waals surface area contributed by atoms with Gasteiger partial charge in [0.05, 0.1) is 35.5 Å². The zero-order chi connectivity index (χ0) is 33.9. The molecule has 0 aliphatic carbocycles. The smallest absolute Gasteiger partial charge is 0.410 e. The summed E-state index contributed by atoms with van der Waals surface area (Å²) in [6, 6.07) is 13.8. The zero-order valence-corrected chi connectivity index (χ0v) is 28.4. The van der Waals surface area contributed by atoms with Crippen LogP contribution in [0.15, 0.2) is 42.6 Å². The molecule has 4 fully saturated rings. The first-order valence-electron chi connectivity index (χ1n) is 17.5. The van der Waals surface area contributed by atoms with E-state index in [0.29, 0.717) is 36.5 Å². The highest BCUT2D eigenvalue weighted by Gasteiger charge is 2.46. The van der Waals surface area contributed by atoms with E-state index in [1.54, 1.807) is 6.20 Å². The van der Waals surface area contributed by atoms with Gasteiger partial charge in [0.1, 0.15) is 29.2 Å². The van der Waals surface area contributed by atoms with Gasteiger partial charge in [0.15, 0.2) is 5.82 Å². The Hall–Kier alpha value is -4.56. The number of ether oxygens (including phenoxy) is 2. The minimum Gasteiger partial charge on any atom is -0.461 e. The summed E-state index contributed by atoms with van der Waals surface area (Å²) in [7, 11) is 0. The molecule has 4 aliphatic heterocycles. The van der Waals surface area contributed by atoms with Gasteiger partial charge < -0.3 is 14.4 Å². The molecule has 6 heterocycles. The molecule has 11 heteroatoms. The van der Waals surface area contributed by atoms with E-state index >= 15 is 4.39 Å². The Labute approximate surface area is 285 Å². The number of carbonyl (C=O) groups is 1. The number of benzene rings is 2. The summed E-state index contributed by atoms with van der Waals surface area (Å²) in [6.45, 7) is 9.30. The Morgan fingerprint density at radius 1 is 1.06 bits per heavy atom. The molecule has 2 atom stereocenters. The second-order valence-corrected chi connectivity index (χ2v) is 15.1. The molecule has 49 heavy (non-hydrogen) atoms. The van der Waals surface area contributed by atoms with Crippen LogP contribution >= 0.6 is 0 Å². The molecule has 0 spiro atoms. The van der Waals surface area contributed by atoms with Crippen molar-refractivity contribution in [3.8, 4) is 23.3 Å². The predicted molar refractivity (Wildman–Crippen MR) is 185 cm³/mol. The van der Waals surface area contributed by atoms with Crippen LogP contribution in [0.4, 0.5) is 15.0 Å². The highest BCUT2D eigenvalue weighted by Crippen LogP contribution is 2.41. The number of aromatic nitrogens is 3. The molecule has 2 aromatic heterocycles. The number of rotatable bonds is 6. The number of piperazine rings is 1. The van der Waals surface area contributed by atoms with Crippen molar-refractivity contribution in [2.45, 2.75) is 88.9 Å². The first kappa shape index (κ1) is 31.7. The number of hydrogen-bond donors (Lipinski definition) is 0. The lowest BCUT2D eigenvalue weighted by Crippen LogP contribution is -2.57. The third-order valence-corrected chi connectivity index (χ3v) is 10.8. The zero-order valence-electron chi connectivity index (χ0n) is 28.4. The van der Waals surface area contributed by atoms with Crippen molar-refractivity contribution in [2.24, 2.45) is 0 Å². The molecule has 2 bridgehead atoms. The van der Waals surface area contributed by atoms with Crippen LogP contribution in [-0.4, -0.2) is 86.9 Å². The number of halogens is 1. The first-order valence-corrected chi connectivity index (χ1v) is 17.5. The minimum atomic E-state index is -0.586. The Morgan fingerprint density at radius 2 is 1.78 bits per heavy atom. The van der Waals surface area contributed by atoms with Gasteiger partial charge in [0.25, 0.3) is 0 Å². The van der Waals surface area contributed by atoms with E-state index in [-0.39, 0.29) is 47.4 Å². The van der Waals surface area contributed by atoms with Gasteiger partial charge >= 0.3 is 12.1 Å². The average molecular weight is 664 g/mol. The van der Waals surface area contributed by atoms with E-state index in [4.69, 9.17) is 24.4 Å². The van der Waals surface area contributed by atoms with Crippen LogP contribution in [0.3, 0.4) is 0 Å². The minimum absolute atomic E-state index is 0.0291. The number of nitriles is 1. The Bertz CT molecular complexity index is 1960. The van der Waals surface area contributed by atoms with Crippen LogP contribution in [0.1, 0.15) is 64.9 Å². The van der Waals surface area contributed by atoms with Gasteiger partial charge in [-0.2, -0.15) is 15.2 Å². The fourth-order valence-corrected chi connectivity index (χ4v) is 8.71. The van der Waals surface area contributed by atoms with E-state index in [0.717, 1.165) is 68.0 Å². The standard InChI is InChI=1S/C38H42FN7O3/c1-37(2,3)49-36(47)46-26-12-13-27(46)22-44(21-26)34-29-20-41-32(28-11-5-10-24-8-4-9-25(14-17-40)30(24)28)31(39)33(29)42-35(43-34)48-23-38-15-6-18-45(38)19-7-16-38/h4-5,8-11,20,26-27H,6-7,12-16,18-19,21-23H2,1-3H3/t26-,27+. The van der Waals surface area contributed by atoms with Crippen molar-refractivity contribution < 1.29 is 18.7 Å². The molecule has 0 saturated carbocycles. The molecule has 1 amide bonds. The summed E-state index contributed by atoms with van der Waals surface area (Å²) in [5, 5.41) is 11.8. The average Bonchev–Trinajstić information content (AvgIpc) is 3.74. The molecule has 4 aromatic rings. The molecule has 10 nitrogen and oxygen atoms in total. The molecule has 4 aliphatic rings. The monoisotopic (exact) mass is 663 g/mol. The van der Waals surface area contributed by atoms with Crippen LogP contribution in [0.2, 0.25) is 0 Å². The number of pyridine rings is 1. The summed E-state index contributed by atoms with van der Waals surface area (Å²) in [5.41, 5.74) is 1.13. The Kier molecular flexibility index (Phi) is 7.82.